The summed E-state index contributed by atoms with van der Waals surface area (Å²) in [6.07, 6.45) is -2.99. The Morgan fingerprint density at radius 1 is 0.846 bits per heavy atom. The molecule has 0 aromatic heterocycles. The van der Waals surface area contributed by atoms with Crippen LogP contribution in [0.5, 0.6) is 0 Å². The molecule has 26 heavy (non-hydrogen) atoms. The Hall–Kier alpha value is -0.280. The van der Waals surface area contributed by atoms with E-state index in [1.165, 1.54) is 0 Å². The second kappa shape index (κ2) is 18.1. The SMILES string of the molecule is NCCNC(CC(=O)O)C(CC(=O)O)(CC(=O)O)CC(=O)O.O.O.[H-].[H-].[Na+].[Na+]. The summed E-state index contributed by atoms with van der Waals surface area (Å²) in [7, 11) is 0. The molecule has 0 rings (SSSR count). The fraction of sp³-hybridized carbons (Fsp3) is 0.667. The minimum Gasteiger partial charge on any atom is -1.00 e. The maximum atomic E-state index is 11.1. The summed E-state index contributed by atoms with van der Waals surface area (Å²) in [5, 5.41) is 38.6. The van der Waals surface area contributed by atoms with E-state index in [0.717, 1.165) is 0 Å². The smallest absolute Gasteiger partial charge is 1.00 e. The molecule has 146 valence electrons. The molecule has 0 spiro atoms. The van der Waals surface area contributed by atoms with Crippen molar-refractivity contribution in [2.45, 2.75) is 31.7 Å². The predicted molar refractivity (Wildman–Crippen MR) is 81.7 cm³/mol. The van der Waals surface area contributed by atoms with Gasteiger partial charge in [0.05, 0.1) is 25.7 Å². The summed E-state index contributed by atoms with van der Waals surface area (Å²) in [6.45, 7) is 0.192. The number of rotatable bonds is 12. The molecule has 14 heteroatoms. The first kappa shape index (κ1) is 36.6. The maximum absolute atomic E-state index is 11.1. The molecule has 1 unspecified atom stereocenters. The molecule has 0 heterocycles. The van der Waals surface area contributed by atoms with Crippen molar-refractivity contribution >= 4 is 23.9 Å². The first-order valence-corrected chi connectivity index (χ1v) is 6.43. The molecule has 11 N–H and O–H groups in total. The third-order valence-electron chi connectivity index (χ3n) is 3.16. The standard InChI is InChI=1S/C12H20N2O8.2Na.2H2O.2H/c13-1-2-14-7(3-8(15)16)12(4-9(17)18,5-10(19)20)6-11(21)22;;;;;;/h7,14H,1-6,13H2,(H,15,16)(H,17,18)(H,19,20)(H,21,22);;;2*1H2;;/q;2*+1;;;2*-1. The quantitative estimate of drug-likeness (QED) is 0.167. The molecule has 0 saturated heterocycles. The minimum atomic E-state index is -1.78. The van der Waals surface area contributed by atoms with Crippen LogP contribution in [0.1, 0.15) is 28.5 Å². The van der Waals surface area contributed by atoms with Gasteiger partial charge in [-0.05, 0) is 0 Å². The third-order valence-corrected chi connectivity index (χ3v) is 3.16. The van der Waals surface area contributed by atoms with E-state index in [4.69, 9.17) is 26.2 Å². The van der Waals surface area contributed by atoms with E-state index in [9.17, 15) is 19.2 Å². The Kier molecular flexibility index (Phi) is 25.5. The van der Waals surface area contributed by atoms with Crippen LogP contribution in [0.2, 0.25) is 0 Å². The van der Waals surface area contributed by atoms with Crippen LogP contribution < -0.4 is 70.2 Å². The van der Waals surface area contributed by atoms with E-state index in [1.807, 2.05) is 0 Å². The van der Waals surface area contributed by atoms with Crippen LogP contribution in [0, 0.1) is 5.41 Å². The van der Waals surface area contributed by atoms with Gasteiger partial charge in [0.25, 0.3) is 0 Å². The second-order valence-corrected chi connectivity index (χ2v) is 4.97. The molecule has 12 nitrogen and oxygen atoms in total. The van der Waals surface area contributed by atoms with Crippen LogP contribution in [0.3, 0.4) is 0 Å². The summed E-state index contributed by atoms with van der Waals surface area (Å²) >= 11 is 0. The molecule has 0 aliphatic carbocycles. The van der Waals surface area contributed by atoms with Crippen LogP contribution in [0.4, 0.5) is 0 Å². The fourth-order valence-electron chi connectivity index (χ4n) is 2.40. The number of nitrogens with one attached hydrogen (secondary N) is 1. The van der Waals surface area contributed by atoms with Crippen LogP contribution in [0.15, 0.2) is 0 Å². The van der Waals surface area contributed by atoms with Crippen molar-refractivity contribution in [3.05, 3.63) is 0 Å². The monoisotopic (exact) mass is 404 g/mol. The van der Waals surface area contributed by atoms with Crippen LogP contribution in [-0.2, 0) is 19.2 Å². The molecule has 0 amide bonds. The number of aliphatic carboxylic acids is 4. The summed E-state index contributed by atoms with van der Waals surface area (Å²) < 4.78 is 0. The Morgan fingerprint density at radius 2 is 1.19 bits per heavy atom. The molecular weight excluding hydrogens is 378 g/mol. The Morgan fingerprint density at radius 3 is 1.42 bits per heavy atom. The molecular formula is C12H26N2Na2O10. The van der Waals surface area contributed by atoms with Gasteiger partial charge < -0.3 is 45.3 Å². The first-order valence-electron chi connectivity index (χ1n) is 6.43. The number of nitrogens with two attached hydrogens (primary N) is 1. The van der Waals surface area contributed by atoms with Crippen molar-refractivity contribution in [3.8, 4) is 0 Å². The molecule has 0 aliphatic rings. The number of hydrogen-bond donors (Lipinski definition) is 6. The number of carbonyl (C=O) groups is 4. The molecule has 0 aromatic carbocycles. The Bertz CT molecular complexity index is 419. The average molecular weight is 404 g/mol. The fourth-order valence-corrected chi connectivity index (χ4v) is 2.40. The van der Waals surface area contributed by atoms with E-state index < -0.39 is 61.0 Å². The normalized spacial score (nSPS) is 10.7. The van der Waals surface area contributed by atoms with Gasteiger partial charge >= 0.3 is 83.0 Å². The van der Waals surface area contributed by atoms with Gasteiger partial charge in [0, 0.05) is 24.5 Å². The molecule has 0 fully saturated rings. The molecule has 0 saturated carbocycles. The zero-order chi connectivity index (χ0) is 17.3. The van der Waals surface area contributed by atoms with Crippen molar-refractivity contribution in [2.75, 3.05) is 13.1 Å². The van der Waals surface area contributed by atoms with Crippen LogP contribution in [0.25, 0.3) is 0 Å². The zero-order valence-electron chi connectivity index (χ0n) is 16.8. The minimum absolute atomic E-state index is 0. The van der Waals surface area contributed by atoms with Gasteiger partial charge in [0.2, 0.25) is 0 Å². The zero-order valence-corrected chi connectivity index (χ0v) is 18.8. The number of hydrogen-bond acceptors (Lipinski definition) is 6. The van der Waals surface area contributed by atoms with E-state index in [0.29, 0.717) is 0 Å². The van der Waals surface area contributed by atoms with E-state index >= 15 is 0 Å². The predicted octanol–water partition coefficient (Wildman–Crippen LogP) is -8.63. The van der Waals surface area contributed by atoms with Crippen molar-refractivity contribution < 1.29 is 113 Å². The van der Waals surface area contributed by atoms with Gasteiger partial charge in [-0.3, -0.25) is 19.2 Å². The molecule has 0 radical (unpaired) electrons. The summed E-state index contributed by atoms with van der Waals surface area (Å²) in [5.41, 5.74) is 3.52. The average Bonchev–Trinajstić information content (AvgIpc) is 2.30. The topological polar surface area (TPSA) is 250 Å². The van der Waals surface area contributed by atoms with Gasteiger partial charge in [0.1, 0.15) is 0 Å². The van der Waals surface area contributed by atoms with Gasteiger partial charge in [-0.1, -0.05) is 0 Å². The molecule has 0 aliphatic heterocycles. The third kappa shape index (κ3) is 14.8. The van der Waals surface area contributed by atoms with E-state index in [-0.39, 0.29) is 86.0 Å². The number of carboxylic acids is 4. The largest absolute Gasteiger partial charge is 1.00 e. The van der Waals surface area contributed by atoms with Crippen LogP contribution >= 0.6 is 0 Å². The molecule has 0 aromatic rings. The Labute approximate surface area is 196 Å². The van der Waals surface area contributed by atoms with Gasteiger partial charge in [-0.25, -0.2) is 0 Å². The van der Waals surface area contributed by atoms with Crippen molar-refractivity contribution in [3.63, 3.8) is 0 Å². The molecule has 1 atom stereocenters. The van der Waals surface area contributed by atoms with Crippen molar-refractivity contribution in [1.82, 2.24) is 5.32 Å². The summed E-state index contributed by atoms with van der Waals surface area (Å²) in [5.74, 6) is -5.53. The number of carboxylic acid groups (broad SMARTS) is 4. The maximum Gasteiger partial charge on any atom is 1.00 e. The van der Waals surface area contributed by atoms with Gasteiger partial charge in [-0.15, -0.1) is 0 Å². The summed E-state index contributed by atoms with van der Waals surface area (Å²) in [4.78, 5) is 44.1. The first-order chi connectivity index (χ1) is 10.1. The van der Waals surface area contributed by atoms with E-state index in [2.05, 4.69) is 5.32 Å². The summed E-state index contributed by atoms with van der Waals surface area (Å²) in [6, 6.07) is -1.16. The second-order valence-electron chi connectivity index (χ2n) is 4.97. The van der Waals surface area contributed by atoms with Crippen LogP contribution in [-0.4, -0.2) is 74.4 Å². The van der Waals surface area contributed by atoms with Crippen molar-refractivity contribution in [2.24, 2.45) is 11.1 Å². The molecule has 0 bridgehead atoms. The Balaban J connectivity index is -0.000000147. The van der Waals surface area contributed by atoms with E-state index in [1.54, 1.807) is 0 Å². The van der Waals surface area contributed by atoms with Gasteiger partial charge in [-0.2, -0.15) is 0 Å². The van der Waals surface area contributed by atoms with Gasteiger partial charge in [0.15, 0.2) is 0 Å². The van der Waals surface area contributed by atoms with Crippen molar-refractivity contribution in [1.29, 1.82) is 0 Å².